The number of aromatic nitrogens is 1. The van der Waals surface area contributed by atoms with Gasteiger partial charge in [0.25, 0.3) is 0 Å². The summed E-state index contributed by atoms with van der Waals surface area (Å²) in [6, 6.07) is 3.81. The zero-order valence-corrected chi connectivity index (χ0v) is 9.98. The molecule has 0 unspecified atom stereocenters. The summed E-state index contributed by atoms with van der Waals surface area (Å²) in [5.41, 5.74) is 1.01. The van der Waals surface area contributed by atoms with E-state index in [1.807, 2.05) is 19.1 Å². The summed E-state index contributed by atoms with van der Waals surface area (Å²) in [7, 11) is 0. The smallest absolute Gasteiger partial charge is 0.184 e. The molecule has 3 nitrogen and oxygen atoms in total. The number of aryl methyl sites for hydroxylation is 1. The van der Waals surface area contributed by atoms with Crippen LogP contribution in [0, 0.1) is 6.92 Å². The quantitative estimate of drug-likeness (QED) is 0.931. The molecule has 0 aliphatic heterocycles. The van der Waals surface area contributed by atoms with E-state index in [2.05, 4.69) is 26.2 Å². The van der Waals surface area contributed by atoms with E-state index in [1.165, 1.54) is 0 Å². The molecule has 0 amide bonds. The van der Waals surface area contributed by atoms with E-state index in [1.54, 1.807) is 17.6 Å². The highest BCUT2D eigenvalue weighted by Gasteiger charge is 2.04. The third-order valence-corrected chi connectivity index (χ3v) is 3.70. The van der Waals surface area contributed by atoms with Crippen molar-refractivity contribution in [1.82, 2.24) is 4.98 Å². The molecule has 0 bridgehead atoms. The lowest BCUT2D eigenvalue weighted by atomic mass is 10.4. The summed E-state index contributed by atoms with van der Waals surface area (Å²) in [6.45, 7) is 2.64. The third-order valence-electron chi connectivity index (χ3n) is 1.73. The molecular formula is C9H9BrN2OS. The number of rotatable bonds is 3. The van der Waals surface area contributed by atoms with Crippen LogP contribution in [0.2, 0.25) is 0 Å². The number of thiazole rings is 1. The number of anilines is 1. The SMILES string of the molecule is Cc1nc(NCc2ccco2)sc1Br. The minimum Gasteiger partial charge on any atom is -0.467 e. The van der Waals surface area contributed by atoms with Crippen LogP contribution in [0.1, 0.15) is 11.5 Å². The molecular weight excluding hydrogens is 264 g/mol. The van der Waals surface area contributed by atoms with Gasteiger partial charge in [0.15, 0.2) is 5.13 Å². The minimum absolute atomic E-state index is 0.673. The van der Waals surface area contributed by atoms with Gasteiger partial charge in [0.1, 0.15) is 5.76 Å². The zero-order chi connectivity index (χ0) is 9.97. The fourth-order valence-electron chi connectivity index (χ4n) is 1.03. The fraction of sp³-hybridized carbons (Fsp3) is 0.222. The number of hydrogen-bond acceptors (Lipinski definition) is 4. The van der Waals surface area contributed by atoms with Gasteiger partial charge in [0, 0.05) is 0 Å². The van der Waals surface area contributed by atoms with Crippen LogP contribution in [-0.4, -0.2) is 4.98 Å². The average Bonchev–Trinajstić information content (AvgIpc) is 2.74. The topological polar surface area (TPSA) is 38.1 Å². The molecule has 14 heavy (non-hydrogen) atoms. The number of furan rings is 1. The van der Waals surface area contributed by atoms with E-state index >= 15 is 0 Å². The van der Waals surface area contributed by atoms with Gasteiger partial charge < -0.3 is 9.73 Å². The molecule has 2 heterocycles. The van der Waals surface area contributed by atoms with Crippen molar-refractivity contribution < 1.29 is 4.42 Å². The highest BCUT2D eigenvalue weighted by atomic mass is 79.9. The van der Waals surface area contributed by atoms with Crippen LogP contribution in [0.5, 0.6) is 0 Å². The van der Waals surface area contributed by atoms with Crippen LogP contribution in [-0.2, 0) is 6.54 Å². The molecule has 1 N–H and O–H groups in total. The van der Waals surface area contributed by atoms with Crippen LogP contribution in [0.15, 0.2) is 26.6 Å². The van der Waals surface area contributed by atoms with Gasteiger partial charge in [-0.1, -0.05) is 11.3 Å². The number of nitrogens with zero attached hydrogens (tertiary/aromatic N) is 1. The van der Waals surface area contributed by atoms with E-state index in [9.17, 15) is 0 Å². The van der Waals surface area contributed by atoms with E-state index in [0.29, 0.717) is 6.54 Å². The van der Waals surface area contributed by atoms with Crippen LogP contribution in [0.4, 0.5) is 5.13 Å². The van der Waals surface area contributed by atoms with Gasteiger partial charge in [-0.15, -0.1) is 0 Å². The lowest BCUT2D eigenvalue weighted by molar-refractivity contribution is 0.518. The molecule has 5 heteroatoms. The van der Waals surface area contributed by atoms with Crippen molar-refractivity contribution in [3.63, 3.8) is 0 Å². The molecule has 0 aromatic carbocycles. The molecule has 0 saturated carbocycles. The Labute approximate surface area is 94.3 Å². The number of halogens is 1. The first kappa shape index (κ1) is 9.73. The molecule has 2 aromatic heterocycles. The standard InChI is InChI=1S/C9H9BrN2OS/c1-6-8(10)14-9(12-6)11-5-7-3-2-4-13-7/h2-4H,5H2,1H3,(H,11,12). The molecule has 74 valence electrons. The van der Waals surface area contributed by atoms with E-state index in [-0.39, 0.29) is 0 Å². The summed E-state index contributed by atoms with van der Waals surface area (Å²) in [5.74, 6) is 0.911. The zero-order valence-electron chi connectivity index (χ0n) is 7.58. The number of hydrogen-bond donors (Lipinski definition) is 1. The normalized spacial score (nSPS) is 10.4. The van der Waals surface area contributed by atoms with Crippen LogP contribution >= 0.6 is 27.3 Å². The Morgan fingerprint density at radius 2 is 2.50 bits per heavy atom. The average molecular weight is 273 g/mol. The van der Waals surface area contributed by atoms with Crippen LogP contribution < -0.4 is 5.32 Å². The molecule has 0 aliphatic rings. The summed E-state index contributed by atoms with van der Waals surface area (Å²) in [5, 5.41) is 4.10. The lowest BCUT2D eigenvalue weighted by Gasteiger charge is -1.97. The van der Waals surface area contributed by atoms with Crippen molar-refractivity contribution in [3.8, 4) is 0 Å². The first-order valence-electron chi connectivity index (χ1n) is 4.15. The van der Waals surface area contributed by atoms with E-state index < -0.39 is 0 Å². The van der Waals surface area contributed by atoms with Crippen molar-refractivity contribution in [2.75, 3.05) is 5.32 Å². The Morgan fingerprint density at radius 1 is 1.64 bits per heavy atom. The second kappa shape index (κ2) is 4.14. The maximum absolute atomic E-state index is 5.19. The molecule has 0 radical (unpaired) electrons. The molecule has 0 fully saturated rings. The third kappa shape index (κ3) is 2.16. The minimum atomic E-state index is 0.673. The second-order valence-electron chi connectivity index (χ2n) is 2.81. The lowest BCUT2D eigenvalue weighted by Crippen LogP contribution is -1.97. The highest BCUT2D eigenvalue weighted by Crippen LogP contribution is 2.27. The summed E-state index contributed by atoms with van der Waals surface area (Å²) in [4.78, 5) is 4.33. The van der Waals surface area contributed by atoms with Gasteiger partial charge in [-0.2, -0.15) is 0 Å². The first-order chi connectivity index (χ1) is 6.75. The fourth-order valence-corrected chi connectivity index (χ4v) is 2.27. The Bertz CT molecular complexity index is 391. The largest absolute Gasteiger partial charge is 0.467 e. The Hall–Kier alpha value is -0.810. The van der Waals surface area contributed by atoms with E-state index in [4.69, 9.17) is 4.42 Å². The van der Waals surface area contributed by atoms with Crippen LogP contribution in [0.3, 0.4) is 0 Å². The Morgan fingerprint density at radius 3 is 3.07 bits per heavy atom. The predicted molar refractivity (Wildman–Crippen MR) is 60.6 cm³/mol. The molecule has 0 atom stereocenters. The molecule has 2 aromatic rings. The maximum atomic E-state index is 5.19. The van der Waals surface area contributed by atoms with Gasteiger partial charge in [0.05, 0.1) is 22.3 Å². The van der Waals surface area contributed by atoms with E-state index in [0.717, 1.165) is 20.4 Å². The van der Waals surface area contributed by atoms with Gasteiger partial charge in [-0.05, 0) is 35.0 Å². The van der Waals surface area contributed by atoms with Crippen molar-refractivity contribution in [3.05, 3.63) is 33.6 Å². The molecule has 0 saturated heterocycles. The van der Waals surface area contributed by atoms with Crippen molar-refractivity contribution in [2.24, 2.45) is 0 Å². The van der Waals surface area contributed by atoms with Crippen molar-refractivity contribution in [1.29, 1.82) is 0 Å². The maximum Gasteiger partial charge on any atom is 0.184 e. The Balaban J connectivity index is 1.98. The summed E-state index contributed by atoms with van der Waals surface area (Å²) >= 11 is 5.02. The van der Waals surface area contributed by atoms with Gasteiger partial charge in [-0.25, -0.2) is 4.98 Å². The van der Waals surface area contributed by atoms with Gasteiger partial charge in [-0.3, -0.25) is 0 Å². The predicted octanol–water partition coefficient (Wildman–Crippen LogP) is 3.42. The Kier molecular flexibility index (Phi) is 2.88. The summed E-state index contributed by atoms with van der Waals surface area (Å²) in [6.07, 6.45) is 1.67. The first-order valence-corrected chi connectivity index (χ1v) is 5.76. The molecule has 2 rings (SSSR count). The van der Waals surface area contributed by atoms with Gasteiger partial charge in [0.2, 0.25) is 0 Å². The monoisotopic (exact) mass is 272 g/mol. The molecule has 0 spiro atoms. The highest BCUT2D eigenvalue weighted by molar-refractivity contribution is 9.11. The summed E-state index contributed by atoms with van der Waals surface area (Å²) < 4.78 is 6.26. The molecule has 0 aliphatic carbocycles. The number of nitrogens with one attached hydrogen (secondary N) is 1. The van der Waals surface area contributed by atoms with Gasteiger partial charge >= 0.3 is 0 Å². The second-order valence-corrected chi connectivity index (χ2v) is 5.13. The van der Waals surface area contributed by atoms with Crippen molar-refractivity contribution in [2.45, 2.75) is 13.5 Å². The van der Waals surface area contributed by atoms with Crippen molar-refractivity contribution >= 4 is 32.4 Å². The van der Waals surface area contributed by atoms with Crippen LogP contribution in [0.25, 0.3) is 0 Å².